The Kier molecular flexibility index (Phi) is 4.14. The van der Waals surface area contributed by atoms with Gasteiger partial charge in [-0.25, -0.2) is 0 Å². The van der Waals surface area contributed by atoms with Gasteiger partial charge < -0.3 is 14.8 Å². The normalized spacial score (nSPS) is 13.8. The number of pyridine rings is 1. The standard InChI is InChI=1S/C16H20N2O3/c1-10-5-6-13(8-17-10)15(19)18-9-16(4,20)14-7-11(2)21-12(14)3/h5-8,20H,9H2,1-4H3,(H,18,19). The SMILES string of the molecule is Cc1ccc(C(=O)NCC(C)(O)c2cc(C)oc2C)cn1. The maximum Gasteiger partial charge on any atom is 0.252 e. The average molecular weight is 288 g/mol. The van der Waals surface area contributed by atoms with E-state index in [0.29, 0.717) is 16.9 Å². The number of hydrogen-bond donors (Lipinski definition) is 2. The number of hydrogen-bond acceptors (Lipinski definition) is 4. The van der Waals surface area contributed by atoms with Gasteiger partial charge in [-0.2, -0.15) is 0 Å². The van der Waals surface area contributed by atoms with Crippen molar-refractivity contribution in [3.63, 3.8) is 0 Å². The lowest BCUT2D eigenvalue weighted by molar-refractivity contribution is 0.0514. The fourth-order valence-corrected chi connectivity index (χ4v) is 2.22. The number of carbonyl (C=O) groups excluding carboxylic acids is 1. The minimum absolute atomic E-state index is 0.0967. The van der Waals surface area contributed by atoms with Gasteiger partial charge >= 0.3 is 0 Å². The minimum atomic E-state index is -1.18. The molecule has 0 aromatic carbocycles. The van der Waals surface area contributed by atoms with Gasteiger partial charge in [0.05, 0.1) is 12.1 Å². The maximum atomic E-state index is 12.0. The first-order valence-corrected chi connectivity index (χ1v) is 6.80. The molecule has 0 aliphatic rings. The van der Waals surface area contributed by atoms with Crippen molar-refractivity contribution in [2.45, 2.75) is 33.3 Å². The summed E-state index contributed by atoms with van der Waals surface area (Å²) < 4.78 is 5.42. The van der Waals surface area contributed by atoms with Crippen molar-refractivity contribution in [2.75, 3.05) is 6.54 Å². The van der Waals surface area contributed by atoms with E-state index in [1.165, 1.54) is 6.20 Å². The highest BCUT2D eigenvalue weighted by Crippen LogP contribution is 2.26. The van der Waals surface area contributed by atoms with E-state index in [-0.39, 0.29) is 12.5 Å². The molecule has 5 heteroatoms. The highest BCUT2D eigenvalue weighted by atomic mass is 16.3. The summed E-state index contributed by atoms with van der Waals surface area (Å²) >= 11 is 0. The molecule has 1 atom stereocenters. The first-order chi connectivity index (χ1) is 9.79. The second-order valence-corrected chi connectivity index (χ2v) is 5.47. The molecular weight excluding hydrogens is 268 g/mol. The van der Waals surface area contributed by atoms with Gasteiger partial charge in [0.25, 0.3) is 5.91 Å². The molecule has 0 fully saturated rings. The number of aromatic nitrogens is 1. The Morgan fingerprint density at radius 2 is 2.10 bits per heavy atom. The molecule has 0 saturated carbocycles. The van der Waals surface area contributed by atoms with Crippen molar-refractivity contribution in [3.8, 4) is 0 Å². The molecule has 21 heavy (non-hydrogen) atoms. The summed E-state index contributed by atoms with van der Waals surface area (Å²) in [5.41, 5.74) is 0.817. The Morgan fingerprint density at radius 3 is 2.62 bits per heavy atom. The monoisotopic (exact) mass is 288 g/mol. The van der Waals surface area contributed by atoms with E-state index in [1.807, 2.05) is 13.8 Å². The summed E-state index contributed by atoms with van der Waals surface area (Å²) in [7, 11) is 0. The molecule has 0 aliphatic heterocycles. The molecule has 0 aliphatic carbocycles. The van der Waals surface area contributed by atoms with Crippen LogP contribution < -0.4 is 5.32 Å². The lowest BCUT2D eigenvalue weighted by atomic mass is 9.96. The first-order valence-electron chi connectivity index (χ1n) is 6.80. The van der Waals surface area contributed by atoms with Crippen LogP contribution in [0.4, 0.5) is 0 Å². The lowest BCUT2D eigenvalue weighted by Crippen LogP contribution is -2.38. The van der Waals surface area contributed by atoms with Gasteiger partial charge in [0.2, 0.25) is 0 Å². The van der Waals surface area contributed by atoms with Gasteiger partial charge in [-0.15, -0.1) is 0 Å². The summed E-state index contributed by atoms with van der Waals surface area (Å²) in [4.78, 5) is 16.1. The molecule has 112 valence electrons. The van der Waals surface area contributed by atoms with Crippen LogP contribution in [0.15, 0.2) is 28.8 Å². The fraction of sp³-hybridized carbons (Fsp3) is 0.375. The summed E-state index contributed by atoms with van der Waals surface area (Å²) in [6.07, 6.45) is 1.52. The van der Waals surface area contributed by atoms with Crippen molar-refractivity contribution in [2.24, 2.45) is 0 Å². The van der Waals surface area contributed by atoms with E-state index < -0.39 is 5.60 Å². The Bertz CT molecular complexity index is 642. The number of nitrogens with one attached hydrogen (secondary N) is 1. The average Bonchev–Trinajstić information content (AvgIpc) is 2.77. The smallest absolute Gasteiger partial charge is 0.252 e. The van der Waals surface area contributed by atoms with Gasteiger partial charge in [0.15, 0.2) is 0 Å². The molecular formula is C16H20N2O3. The largest absolute Gasteiger partial charge is 0.466 e. The predicted octanol–water partition coefficient (Wildman–Crippen LogP) is 2.24. The number of amides is 1. The van der Waals surface area contributed by atoms with Gasteiger partial charge in [-0.05, 0) is 45.9 Å². The van der Waals surface area contributed by atoms with Crippen LogP contribution in [0.2, 0.25) is 0 Å². The van der Waals surface area contributed by atoms with Crippen LogP contribution in [0.3, 0.4) is 0 Å². The van der Waals surface area contributed by atoms with Crippen molar-refractivity contribution in [3.05, 3.63) is 52.7 Å². The molecule has 1 unspecified atom stereocenters. The molecule has 0 spiro atoms. The Balaban J connectivity index is 2.06. The van der Waals surface area contributed by atoms with E-state index in [2.05, 4.69) is 10.3 Å². The van der Waals surface area contributed by atoms with Gasteiger partial charge in [0.1, 0.15) is 17.1 Å². The molecule has 2 rings (SSSR count). The summed E-state index contributed by atoms with van der Waals surface area (Å²) in [6.45, 7) is 7.22. The first kappa shape index (κ1) is 15.3. The topological polar surface area (TPSA) is 75.4 Å². The number of aryl methyl sites for hydroxylation is 3. The second kappa shape index (κ2) is 5.69. The number of carbonyl (C=O) groups is 1. The van der Waals surface area contributed by atoms with Crippen molar-refractivity contribution >= 4 is 5.91 Å². The van der Waals surface area contributed by atoms with Crippen molar-refractivity contribution in [1.82, 2.24) is 10.3 Å². The quantitative estimate of drug-likeness (QED) is 0.904. The number of nitrogens with zero attached hydrogens (tertiary/aromatic N) is 1. The van der Waals surface area contributed by atoms with Gasteiger partial charge in [-0.1, -0.05) is 0 Å². The van der Waals surface area contributed by atoms with Crippen LogP contribution in [0, 0.1) is 20.8 Å². The summed E-state index contributed by atoms with van der Waals surface area (Å²) in [6, 6.07) is 5.27. The number of aliphatic hydroxyl groups is 1. The van der Waals surface area contributed by atoms with Crippen molar-refractivity contribution in [1.29, 1.82) is 0 Å². The van der Waals surface area contributed by atoms with E-state index in [0.717, 1.165) is 11.5 Å². The highest BCUT2D eigenvalue weighted by Gasteiger charge is 2.28. The molecule has 0 bridgehead atoms. The third-order valence-electron chi connectivity index (χ3n) is 3.39. The zero-order valence-electron chi connectivity index (χ0n) is 12.7. The molecule has 0 radical (unpaired) electrons. The second-order valence-electron chi connectivity index (χ2n) is 5.47. The molecule has 1 amide bonds. The fourth-order valence-electron chi connectivity index (χ4n) is 2.22. The summed E-state index contributed by atoms with van der Waals surface area (Å²) in [5, 5.41) is 13.3. The lowest BCUT2D eigenvalue weighted by Gasteiger charge is -2.23. The predicted molar refractivity (Wildman–Crippen MR) is 79.1 cm³/mol. The van der Waals surface area contributed by atoms with Crippen LogP contribution >= 0.6 is 0 Å². The highest BCUT2D eigenvalue weighted by molar-refractivity contribution is 5.93. The van der Waals surface area contributed by atoms with E-state index in [4.69, 9.17) is 4.42 Å². The zero-order chi connectivity index (χ0) is 15.6. The van der Waals surface area contributed by atoms with Crippen LogP contribution in [0.25, 0.3) is 0 Å². The van der Waals surface area contributed by atoms with Crippen LogP contribution in [-0.2, 0) is 5.60 Å². The Hall–Kier alpha value is -2.14. The van der Waals surface area contributed by atoms with Crippen molar-refractivity contribution < 1.29 is 14.3 Å². The van der Waals surface area contributed by atoms with E-state index in [1.54, 1.807) is 32.0 Å². The van der Waals surface area contributed by atoms with E-state index in [9.17, 15) is 9.90 Å². The molecule has 5 nitrogen and oxygen atoms in total. The zero-order valence-corrected chi connectivity index (χ0v) is 12.7. The number of furan rings is 1. The molecule has 0 saturated heterocycles. The van der Waals surface area contributed by atoms with Crippen LogP contribution in [0.5, 0.6) is 0 Å². The maximum absolute atomic E-state index is 12.0. The van der Waals surface area contributed by atoms with Gasteiger partial charge in [0, 0.05) is 17.5 Å². The molecule has 2 heterocycles. The molecule has 2 N–H and O–H groups in total. The minimum Gasteiger partial charge on any atom is -0.466 e. The van der Waals surface area contributed by atoms with Crippen LogP contribution in [-0.4, -0.2) is 22.5 Å². The Morgan fingerprint density at radius 1 is 1.38 bits per heavy atom. The third kappa shape index (κ3) is 3.49. The van der Waals surface area contributed by atoms with E-state index >= 15 is 0 Å². The molecule has 2 aromatic heterocycles. The van der Waals surface area contributed by atoms with Crippen LogP contribution in [0.1, 0.15) is 40.1 Å². The number of rotatable bonds is 4. The molecule has 2 aromatic rings. The third-order valence-corrected chi connectivity index (χ3v) is 3.39. The van der Waals surface area contributed by atoms with Gasteiger partial charge in [-0.3, -0.25) is 9.78 Å². The Labute approximate surface area is 124 Å². The summed E-state index contributed by atoms with van der Waals surface area (Å²) in [5.74, 6) is 1.13.